The first-order valence-corrected chi connectivity index (χ1v) is 7.70. The second-order valence-electron chi connectivity index (χ2n) is 4.31. The van der Waals surface area contributed by atoms with Gasteiger partial charge in [-0.3, -0.25) is 9.52 Å². The number of carbonyl (C=O) groups excluding carboxylic acids is 1. The summed E-state index contributed by atoms with van der Waals surface area (Å²) in [6.07, 6.45) is 1.38. The fourth-order valence-electron chi connectivity index (χ4n) is 1.71. The van der Waals surface area contributed by atoms with Gasteiger partial charge >= 0.3 is 0 Å². The minimum absolute atomic E-state index is 0.0603. The number of aryl methyl sites for hydroxylation is 1. The number of nitrogens with zero attached hydrogens (tertiary/aromatic N) is 1. The fourth-order valence-corrected chi connectivity index (χ4v) is 2.96. The lowest BCUT2D eigenvalue weighted by Gasteiger charge is -2.10. The van der Waals surface area contributed by atoms with E-state index in [0.29, 0.717) is 5.56 Å². The summed E-state index contributed by atoms with van der Waals surface area (Å²) in [4.78, 5) is 15.0. The fraction of sp³-hybridized carbons (Fsp3) is 0.0769. The number of benzene rings is 1. The number of primary amides is 1. The van der Waals surface area contributed by atoms with Crippen molar-refractivity contribution < 1.29 is 13.2 Å². The van der Waals surface area contributed by atoms with Crippen LogP contribution in [0.2, 0.25) is 5.15 Å². The van der Waals surface area contributed by atoms with Gasteiger partial charge in [-0.05, 0) is 36.8 Å². The minimum atomic E-state index is -3.85. The van der Waals surface area contributed by atoms with Crippen molar-refractivity contribution in [3.63, 3.8) is 0 Å². The standard InChI is InChI=1S/C13H12ClN3O3S/c1-8-2-3-10(7-11(8)13(15)18)21(19,20)17-9-4-5-16-12(14)6-9/h2-7H,1H3,(H2,15,18)(H,16,17). The van der Waals surface area contributed by atoms with Crippen molar-refractivity contribution in [3.05, 3.63) is 52.8 Å². The number of anilines is 1. The SMILES string of the molecule is Cc1ccc(S(=O)(=O)Nc2ccnc(Cl)c2)cc1C(N)=O. The molecular weight excluding hydrogens is 314 g/mol. The van der Waals surface area contributed by atoms with Gasteiger partial charge in [0, 0.05) is 11.8 Å². The van der Waals surface area contributed by atoms with E-state index < -0.39 is 15.9 Å². The van der Waals surface area contributed by atoms with Crippen molar-refractivity contribution in [2.45, 2.75) is 11.8 Å². The highest BCUT2D eigenvalue weighted by molar-refractivity contribution is 7.92. The Kier molecular flexibility index (Phi) is 4.15. The normalized spacial score (nSPS) is 11.1. The molecule has 0 spiro atoms. The van der Waals surface area contributed by atoms with Crippen LogP contribution in [0.1, 0.15) is 15.9 Å². The van der Waals surface area contributed by atoms with Crippen LogP contribution in [0.4, 0.5) is 5.69 Å². The smallest absolute Gasteiger partial charge is 0.261 e. The first kappa shape index (κ1) is 15.3. The van der Waals surface area contributed by atoms with Gasteiger partial charge in [-0.25, -0.2) is 13.4 Å². The number of nitrogens with two attached hydrogens (primary N) is 1. The zero-order valence-corrected chi connectivity index (χ0v) is 12.6. The molecule has 0 fully saturated rings. The van der Waals surface area contributed by atoms with Gasteiger partial charge in [0.25, 0.3) is 10.0 Å². The van der Waals surface area contributed by atoms with Crippen molar-refractivity contribution in [1.82, 2.24) is 4.98 Å². The molecule has 3 N–H and O–H groups in total. The van der Waals surface area contributed by atoms with Crippen LogP contribution in [-0.2, 0) is 10.0 Å². The van der Waals surface area contributed by atoms with Crippen LogP contribution < -0.4 is 10.5 Å². The van der Waals surface area contributed by atoms with Crippen molar-refractivity contribution in [2.24, 2.45) is 5.73 Å². The molecule has 1 aromatic heterocycles. The van der Waals surface area contributed by atoms with Crippen LogP contribution in [0.15, 0.2) is 41.4 Å². The lowest BCUT2D eigenvalue weighted by Crippen LogP contribution is -2.17. The van der Waals surface area contributed by atoms with Crippen molar-refractivity contribution in [1.29, 1.82) is 0 Å². The summed E-state index contributed by atoms with van der Waals surface area (Å²) >= 11 is 5.70. The number of carbonyl (C=O) groups is 1. The molecule has 0 aliphatic carbocycles. The van der Waals surface area contributed by atoms with Crippen LogP contribution >= 0.6 is 11.6 Å². The quantitative estimate of drug-likeness (QED) is 0.838. The Morgan fingerprint density at radius 3 is 2.62 bits per heavy atom. The maximum Gasteiger partial charge on any atom is 0.261 e. The molecule has 0 saturated carbocycles. The second kappa shape index (κ2) is 5.71. The summed E-state index contributed by atoms with van der Waals surface area (Å²) in [5.74, 6) is -0.684. The number of amides is 1. The van der Waals surface area contributed by atoms with E-state index in [1.54, 1.807) is 6.92 Å². The molecule has 110 valence electrons. The summed E-state index contributed by atoms with van der Waals surface area (Å²) in [6.45, 7) is 1.67. The number of aromatic nitrogens is 1. The van der Waals surface area contributed by atoms with Gasteiger partial charge in [0.05, 0.1) is 10.6 Å². The van der Waals surface area contributed by atoms with E-state index >= 15 is 0 Å². The van der Waals surface area contributed by atoms with E-state index in [4.69, 9.17) is 17.3 Å². The molecule has 0 aliphatic heterocycles. The van der Waals surface area contributed by atoms with Crippen molar-refractivity contribution in [2.75, 3.05) is 4.72 Å². The largest absolute Gasteiger partial charge is 0.366 e. The zero-order valence-electron chi connectivity index (χ0n) is 11.0. The minimum Gasteiger partial charge on any atom is -0.366 e. The van der Waals surface area contributed by atoms with Crippen LogP contribution in [-0.4, -0.2) is 19.3 Å². The Morgan fingerprint density at radius 2 is 2.00 bits per heavy atom. The van der Waals surface area contributed by atoms with Crippen molar-refractivity contribution in [3.8, 4) is 0 Å². The lowest BCUT2D eigenvalue weighted by molar-refractivity contribution is 0.0999. The molecule has 1 amide bonds. The van der Waals surface area contributed by atoms with E-state index in [0.717, 1.165) is 0 Å². The van der Waals surface area contributed by atoms with E-state index in [-0.39, 0.29) is 21.3 Å². The molecule has 2 aromatic rings. The number of hydrogen-bond donors (Lipinski definition) is 2. The Labute approximate surface area is 127 Å². The maximum absolute atomic E-state index is 12.3. The highest BCUT2D eigenvalue weighted by Crippen LogP contribution is 2.20. The average Bonchev–Trinajstić information content (AvgIpc) is 2.38. The van der Waals surface area contributed by atoms with Gasteiger partial charge in [-0.1, -0.05) is 17.7 Å². The van der Waals surface area contributed by atoms with Gasteiger partial charge in [0.2, 0.25) is 5.91 Å². The third-order valence-electron chi connectivity index (χ3n) is 2.76. The van der Waals surface area contributed by atoms with Gasteiger partial charge in [-0.15, -0.1) is 0 Å². The van der Waals surface area contributed by atoms with E-state index in [9.17, 15) is 13.2 Å². The molecule has 0 atom stereocenters. The third kappa shape index (κ3) is 3.50. The molecule has 21 heavy (non-hydrogen) atoms. The predicted octanol–water partition coefficient (Wildman–Crippen LogP) is 1.94. The highest BCUT2D eigenvalue weighted by atomic mass is 35.5. The molecular formula is C13H12ClN3O3S. The number of sulfonamides is 1. The highest BCUT2D eigenvalue weighted by Gasteiger charge is 2.17. The first-order valence-electron chi connectivity index (χ1n) is 5.84. The molecule has 0 unspecified atom stereocenters. The Hall–Kier alpha value is -2.12. The topological polar surface area (TPSA) is 102 Å². The maximum atomic E-state index is 12.3. The van der Waals surface area contributed by atoms with Gasteiger partial charge in [-0.2, -0.15) is 0 Å². The number of hydrogen-bond acceptors (Lipinski definition) is 4. The summed E-state index contributed by atoms with van der Waals surface area (Å²) in [6, 6.07) is 7.00. The Morgan fingerprint density at radius 1 is 1.29 bits per heavy atom. The second-order valence-corrected chi connectivity index (χ2v) is 6.38. The summed E-state index contributed by atoms with van der Waals surface area (Å²) < 4.78 is 26.9. The summed E-state index contributed by atoms with van der Waals surface area (Å²) in [7, 11) is -3.85. The molecule has 1 aromatic carbocycles. The van der Waals surface area contributed by atoms with Crippen LogP contribution in [0.3, 0.4) is 0 Å². The Bertz CT molecular complexity index is 806. The summed E-state index contributed by atoms with van der Waals surface area (Å²) in [5, 5.41) is 0.164. The Balaban J connectivity index is 2.40. The molecule has 6 nitrogen and oxygen atoms in total. The molecule has 0 bridgehead atoms. The average molecular weight is 326 g/mol. The lowest BCUT2D eigenvalue weighted by atomic mass is 10.1. The number of rotatable bonds is 4. The first-order chi connectivity index (χ1) is 9.79. The zero-order chi connectivity index (χ0) is 15.6. The van der Waals surface area contributed by atoms with E-state index in [2.05, 4.69) is 9.71 Å². The third-order valence-corrected chi connectivity index (χ3v) is 4.35. The molecule has 1 heterocycles. The molecule has 0 saturated heterocycles. The van der Waals surface area contributed by atoms with Crippen molar-refractivity contribution >= 4 is 33.2 Å². The number of pyridine rings is 1. The van der Waals surface area contributed by atoms with E-state index in [1.807, 2.05) is 0 Å². The monoisotopic (exact) mass is 325 g/mol. The number of halogens is 1. The molecule has 8 heteroatoms. The van der Waals surface area contributed by atoms with E-state index in [1.165, 1.54) is 36.5 Å². The van der Waals surface area contributed by atoms with Gasteiger partial charge in [0.15, 0.2) is 0 Å². The van der Waals surface area contributed by atoms with Crippen LogP contribution in [0.5, 0.6) is 0 Å². The number of nitrogens with one attached hydrogen (secondary N) is 1. The van der Waals surface area contributed by atoms with Gasteiger partial charge < -0.3 is 5.73 Å². The predicted molar refractivity (Wildman–Crippen MR) is 79.8 cm³/mol. The summed E-state index contributed by atoms with van der Waals surface area (Å²) in [5.41, 5.74) is 6.26. The van der Waals surface area contributed by atoms with Crippen LogP contribution in [0, 0.1) is 6.92 Å². The van der Waals surface area contributed by atoms with Gasteiger partial charge in [0.1, 0.15) is 5.15 Å². The van der Waals surface area contributed by atoms with Crippen LogP contribution in [0.25, 0.3) is 0 Å². The molecule has 0 radical (unpaired) electrons. The molecule has 2 rings (SSSR count). The molecule has 0 aliphatic rings.